The summed E-state index contributed by atoms with van der Waals surface area (Å²) in [6.45, 7) is 3.40. The minimum absolute atomic E-state index is 0.163. The molecule has 0 aliphatic rings. The highest BCUT2D eigenvalue weighted by molar-refractivity contribution is 7.99. The Morgan fingerprint density at radius 2 is 2.07 bits per heavy atom. The highest BCUT2D eigenvalue weighted by Gasteiger charge is 2.17. The Kier molecular flexibility index (Phi) is 6.95. The molecule has 8 heteroatoms. The number of aryl methyl sites for hydroxylation is 1. The van der Waals surface area contributed by atoms with E-state index in [1.807, 2.05) is 54.9 Å². The average Bonchev–Trinajstić information content (AvgIpc) is 3.21. The SMILES string of the molecule is Cc1ccc(CN(C)Cc2nnc(SCCCO)n2-c2cccc(Cl)c2)o1. The molecule has 0 radical (unpaired) electrons. The number of hydrogen-bond donors (Lipinski definition) is 1. The van der Waals surface area contributed by atoms with Crippen LogP contribution < -0.4 is 0 Å². The molecule has 2 aromatic heterocycles. The van der Waals surface area contributed by atoms with Crippen molar-refractivity contribution in [1.29, 1.82) is 0 Å². The van der Waals surface area contributed by atoms with Gasteiger partial charge in [-0.15, -0.1) is 10.2 Å². The second kappa shape index (κ2) is 9.41. The van der Waals surface area contributed by atoms with Gasteiger partial charge in [-0.05, 0) is 50.7 Å². The van der Waals surface area contributed by atoms with Gasteiger partial charge in [0.05, 0.1) is 18.8 Å². The van der Waals surface area contributed by atoms with Crippen LogP contribution in [0.5, 0.6) is 0 Å². The molecule has 0 saturated heterocycles. The monoisotopic (exact) mass is 406 g/mol. The maximum absolute atomic E-state index is 9.04. The molecule has 2 heterocycles. The molecule has 3 rings (SSSR count). The van der Waals surface area contributed by atoms with Crippen molar-refractivity contribution in [1.82, 2.24) is 19.7 Å². The molecule has 0 atom stereocenters. The van der Waals surface area contributed by atoms with Crippen LogP contribution in [-0.2, 0) is 13.1 Å². The third-order valence-electron chi connectivity index (χ3n) is 3.93. The predicted molar refractivity (Wildman–Crippen MR) is 107 cm³/mol. The summed E-state index contributed by atoms with van der Waals surface area (Å²) in [5, 5.41) is 19.3. The van der Waals surface area contributed by atoms with Crippen molar-refractivity contribution in [3.05, 3.63) is 58.8 Å². The van der Waals surface area contributed by atoms with Crippen molar-refractivity contribution < 1.29 is 9.52 Å². The van der Waals surface area contributed by atoms with Crippen molar-refractivity contribution in [3.8, 4) is 5.69 Å². The van der Waals surface area contributed by atoms with Gasteiger partial charge in [0.25, 0.3) is 0 Å². The molecule has 27 heavy (non-hydrogen) atoms. The average molecular weight is 407 g/mol. The van der Waals surface area contributed by atoms with Crippen LogP contribution in [0.15, 0.2) is 46.0 Å². The van der Waals surface area contributed by atoms with Gasteiger partial charge in [0.1, 0.15) is 11.5 Å². The Hall–Kier alpha value is -1.80. The summed E-state index contributed by atoms with van der Waals surface area (Å²) in [6, 6.07) is 11.6. The molecule has 0 unspecified atom stereocenters. The predicted octanol–water partition coefficient (Wildman–Crippen LogP) is 3.93. The fourth-order valence-corrected chi connectivity index (χ4v) is 3.81. The molecular formula is C19H23ClN4O2S. The minimum Gasteiger partial charge on any atom is -0.465 e. The first-order valence-electron chi connectivity index (χ1n) is 8.74. The largest absolute Gasteiger partial charge is 0.465 e. The molecule has 1 N–H and O–H groups in total. The fourth-order valence-electron chi connectivity index (χ4n) is 2.73. The number of nitrogens with zero attached hydrogens (tertiary/aromatic N) is 4. The second-order valence-corrected chi connectivity index (χ2v) is 7.82. The zero-order chi connectivity index (χ0) is 19.2. The molecule has 0 bridgehead atoms. The lowest BCUT2D eigenvalue weighted by atomic mass is 10.3. The van der Waals surface area contributed by atoms with Gasteiger partial charge in [-0.2, -0.15) is 0 Å². The summed E-state index contributed by atoms with van der Waals surface area (Å²) in [6.07, 6.45) is 0.708. The van der Waals surface area contributed by atoms with E-state index in [9.17, 15) is 0 Å². The first kappa shape index (κ1) is 19.9. The van der Waals surface area contributed by atoms with Crippen molar-refractivity contribution >= 4 is 23.4 Å². The van der Waals surface area contributed by atoms with Gasteiger partial charge in [0.2, 0.25) is 0 Å². The molecule has 0 amide bonds. The number of benzene rings is 1. The Morgan fingerprint density at radius 3 is 2.78 bits per heavy atom. The van der Waals surface area contributed by atoms with Crippen LogP contribution in [0.2, 0.25) is 5.02 Å². The van der Waals surface area contributed by atoms with Crippen LogP contribution >= 0.6 is 23.4 Å². The van der Waals surface area contributed by atoms with E-state index in [0.29, 0.717) is 24.5 Å². The second-order valence-electron chi connectivity index (χ2n) is 6.32. The smallest absolute Gasteiger partial charge is 0.195 e. The Balaban J connectivity index is 1.83. The van der Waals surface area contributed by atoms with Gasteiger partial charge in [0, 0.05) is 17.4 Å². The number of furan rings is 1. The van der Waals surface area contributed by atoms with Gasteiger partial charge in [0.15, 0.2) is 11.0 Å². The van der Waals surface area contributed by atoms with Crippen molar-refractivity contribution in [2.45, 2.75) is 31.6 Å². The summed E-state index contributed by atoms with van der Waals surface area (Å²) >= 11 is 7.77. The topological polar surface area (TPSA) is 67.3 Å². The highest BCUT2D eigenvalue weighted by atomic mass is 35.5. The third kappa shape index (κ3) is 5.35. The van der Waals surface area contributed by atoms with E-state index >= 15 is 0 Å². The number of aliphatic hydroxyl groups is 1. The lowest BCUT2D eigenvalue weighted by molar-refractivity contribution is 0.277. The summed E-state index contributed by atoms with van der Waals surface area (Å²) in [5.41, 5.74) is 0.927. The zero-order valence-corrected chi connectivity index (χ0v) is 17.0. The fraction of sp³-hybridized carbons (Fsp3) is 0.368. The third-order valence-corrected chi connectivity index (χ3v) is 5.18. The molecule has 0 fully saturated rings. The van der Waals surface area contributed by atoms with Crippen molar-refractivity contribution in [3.63, 3.8) is 0 Å². The number of rotatable bonds is 9. The number of thioether (sulfide) groups is 1. The lowest BCUT2D eigenvalue weighted by Crippen LogP contribution is -2.19. The molecule has 0 aliphatic carbocycles. The number of aromatic nitrogens is 3. The van der Waals surface area contributed by atoms with E-state index in [-0.39, 0.29) is 6.61 Å². The first-order valence-corrected chi connectivity index (χ1v) is 10.1. The van der Waals surface area contributed by atoms with Crippen LogP contribution in [0.4, 0.5) is 0 Å². The van der Waals surface area contributed by atoms with Gasteiger partial charge < -0.3 is 9.52 Å². The van der Waals surface area contributed by atoms with E-state index in [1.54, 1.807) is 11.8 Å². The van der Waals surface area contributed by atoms with E-state index in [0.717, 1.165) is 33.9 Å². The van der Waals surface area contributed by atoms with E-state index in [2.05, 4.69) is 15.1 Å². The Labute approximate surface area is 168 Å². The summed E-state index contributed by atoms with van der Waals surface area (Å²) in [7, 11) is 2.02. The molecule has 1 aromatic carbocycles. The van der Waals surface area contributed by atoms with Crippen LogP contribution in [-0.4, -0.2) is 44.2 Å². The molecule has 0 saturated carbocycles. The Bertz CT molecular complexity index is 880. The van der Waals surface area contributed by atoms with Crippen molar-refractivity contribution in [2.75, 3.05) is 19.4 Å². The molecule has 144 valence electrons. The van der Waals surface area contributed by atoms with Crippen LogP contribution in [0.1, 0.15) is 23.8 Å². The van der Waals surface area contributed by atoms with Gasteiger partial charge in [-0.3, -0.25) is 9.47 Å². The summed E-state index contributed by atoms with van der Waals surface area (Å²) < 4.78 is 7.69. The lowest BCUT2D eigenvalue weighted by Gasteiger charge is -2.16. The van der Waals surface area contributed by atoms with Gasteiger partial charge in [-0.25, -0.2) is 0 Å². The van der Waals surface area contributed by atoms with E-state index < -0.39 is 0 Å². The molecule has 0 spiro atoms. The maximum Gasteiger partial charge on any atom is 0.195 e. The van der Waals surface area contributed by atoms with Gasteiger partial charge >= 0.3 is 0 Å². The summed E-state index contributed by atoms with van der Waals surface area (Å²) in [5.74, 6) is 3.43. The standard InChI is InChI=1S/C19H23ClN4O2S/c1-14-7-8-17(26-14)12-23(2)13-18-21-22-19(27-10-4-9-25)24(18)16-6-3-5-15(20)11-16/h3,5-8,11,25H,4,9-10,12-13H2,1-2H3. The molecule has 6 nitrogen and oxygen atoms in total. The van der Waals surface area contributed by atoms with Crippen LogP contribution in [0.3, 0.4) is 0 Å². The maximum atomic E-state index is 9.04. The highest BCUT2D eigenvalue weighted by Crippen LogP contribution is 2.25. The number of hydrogen-bond acceptors (Lipinski definition) is 6. The summed E-state index contributed by atoms with van der Waals surface area (Å²) in [4.78, 5) is 2.13. The van der Waals surface area contributed by atoms with E-state index in [1.165, 1.54) is 0 Å². The number of aliphatic hydroxyl groups excluding tert-OH is 1. The van der Waals surface area contributed by atoms with Crippen LogP contribution in [0.25, 0.3) is 5.69 Å². The minimum atomic E-state index is 0.163. The normalized spacial score (nSPS) is 11.4. The number of halogens is 1. The van der Waals surface area contributed by atoms with E-state index in [4.69, 9.17) is 21.1 Å². The quantitative estimate of drug-likeness (QED) is 0.429. The van der Waals surface area contributed by atoms with Gasteiger partial charge in [-0.1, -0.05) is 29.4 Å². The Morgan fingerprint density at radius 1 is 1.22 bits per heavy atom. The van der Waals surface area contributed by atoms with Crippen LogP contribution in [0, 0.1) is 6.92 Å². The van der Waals surface area contributed by atoms with Crippen molar-refractivity contribution in [2.24, 2.45) is 0 Å². The first-order chi connectivity index (χ1) is 13.1. The molecule has 0 aliphatic heterocycles. The molecular weight excluding hydrogens is 384 g/mol. The zero-order valence-electron chi connectivity index (χ0n) is 15.4. The molecule has 3 aromatic rings.